The summed E-state index contributed by atoms with van der Waals surface area (Å²) in [5, 5.41) is 15.7. The summed E-state index contributed by atoms with van der Waals surface area (Å²) in [6, 6.07) is 8.99. The third-order valence-electron chi connectivity index (χ3n) is 6.24. The fourth-order valence-electron chi connectivity index (χ4n) is 4.81. The fraction of sp³-hybridized carbons (Fsp3) is 0.522. The van der Waals surface area contributed by atoms with E-state index in [4.69, 9.17) is 5.11 Å². The van der Waals surface area contributed by atoms with Crippen LogP contribution in [0.15, 0.2) is 47.6 Å². The summed E-state index contributed by atoms with van der Waals surface area (Å²) >= 11 is 0. The predicted molar refractivity (Wildman–Crippen MR) is 115 cm³/mol. The normalized spacial score (nSPS) is 26.1. The van der Waals surface area contributed by atoms with Gasteiger partial charge in [-0.05, 0) is 74.8 Å². The summed E-state index contributed by atoms with van der Waals surface area (Å²) in [6.07, 6.45) is 14.1. The number of carboxylic acid groups (broad SMARTS) is 1. The SMILES string of the molecule is O=C(O)CCCC=CCC1C2CCC(CC2)C1C=NNC(=O)Nc1ccccc1. The molecule has 6 heteroatoms. The van der Waals surface area contributed by atoms with Crippen LogP contribution in [-0.4, -0.2) is 23.3 Å². The number of hydrazone groups is 1. The van der Waals surface area contributed by atoms with Crippen LogP contribution in [0.5, 0.6) is 0 Å². The fourth-order valence-corrected chi connectivity index (χ4v) is 4.81. The maximum absolute atomic E-state index is 12.0. The third-order valence-corrected chi connectivity index (χ3v) is 6.24. The number of hydrogen-bond donors (Lipinski definition) is 3. The first-order valence-corrected chi connectivity index (χ1v) is 10.7. The van der Waals surface area contributed by atoms with E-state index in [1.807, 2.05) is 36.5 Å². The van der Waals surface area contributed by atoms with Crippen molar-refractivity contribution >= 4 is 23.9 Å². The van der Waals surface area contributed by atoms with Gasteiger partial charge in [-0.3, -0.25) is 4.79 Å². The van der Waals surface area contributed by atoms with Crippen molar-refractivity contribution in [2.24, 2.45) is 28.8 Å². The zero-order chi connectivity index (χ0) is 20.5. The van der Waals surface area contributed by atoms with Gasteiger partial charge >= 0.3 is 12.0 Å². The number of nitrogens with one attached hydrogen (secondary N) is 2. The Morgan fingerprint density at radius 1 is 1.07 bits per heavy atom. The van der Waals surface area contributed by atoms with Crippen LogP contribution in [-0.2, 0) is 4.79 Å². The number of anilines is 1. The van der Waals surface area contributed by atoms with E-state index in [-0.39, 0.29) is 12.5 Å². The Labute approximate surface area is 172 Å². The van der Waals surface area contributed by atoms with Crippen molar-refractivity contribution in [2.45, 2.75) is 51.4 Å². The van der Waals surface area contributed by atoms with E-state index in [2.05, 4.69) is 28.0 Å². The van der Waals surface area contributed by atoms with E-state index in [1.165, 1.54) is 25.7 Å². The Hall–Kier alpha value is -2.63. The third kappa shape index (κ3) is 6.44. The quantitative estimate of drug-likeness (QED) is 0.236. The van der Waals surface area contributed by atoms with Crippen molar-refractivity contribution in [3.63, 3.8) is 0 Å². The first-order valence-electron chi connectivity index (χ1n) is 10.7. The molecule has 0 aliphatic heterocycles. The molecule has 3 N–H and O–H groups in total. The lowest BCUT2D eigenvalue weighted by Gasteiger charge is -2.47. The maximum Gasteiger partial charge on any atom is 0.339 e. The number of urea groups is 1. The van der Waals surface area contributed by atoms with Gasteiger partial charge in [-0.1, -0.05) is 30.4 Å². The van der Waals surface area contributed by atoms with Crippen LogP contribution in [0.3, 0.4) is 0 Å². The highest BCUT2D eigenvalue weighted by atomic mass is 16.4. The zero-order valence-corrected chi connectivity index (χ0v) is 16.8. The Balaban J connectivity index is 1.50. The Bertz CT molecular complexity index is 724. The van der Waals surface area contributed by atoms with Crippen LogP contribution in [0, 0.1) is 23.7 Å². The number of nitrogens with zero attached hydrogens (tertiary/aromatic N) is 1. The molecule has 0 spiro atoms. The van der Waals surface area contributed by atoms with Gasteiger partial charge in [0.15, 0.2) is 0 Å². The monoisotopic (exact) mass is 397 g/mol. The second-order valence-electron chi connectivity index (χ2n) is 8.12. The highest BCUT2D eigenvalue weighted by Crippen LogP contribution is 2.49. The Morgan fingerprint density at radius 3 is 2.52 bits per heavy atom. The van der Waals surface area contributed by atoms with Crippen molar-refractivity contribution in [3.8, 4) is 0 Å². The average Bonchev–Trinajstić information content (AvgIpc) is 2.72. The molecule has 0 heterocycles. The molecule has 2 unspecified atom stereocenters. The molecule has 1 aromatic carbocycles. The van der Waals surface area contributed by atoms with Crippen LogP contribution in [0.4, 0.5) is 10.5 Å². The lowest BCUT2D eigenvalue weighted by molar-refractivity contribution is -0.137. The van der Waals surface area contributed by atoms with Gasteiger partial charge in [0.2, 0.25) is 0 Å². The minimum absolute atomic E-state index is 0.227. The number of benzene rings is 1. The summed E-state index contributed by atoms with van der Waals surface area (Å²) in [5.74, 6) is 1.58. The molecule has 2 amide bonds. The molecule has 2 atom stereocenters. The lowest BCUT2D eigenvalue weighted by atomic mass is 9.58. The Morgan fingerprint density at radius 2 is 1.79 bits per heavy atom. The number of rotatable bonds is 9. The summed E-state index contributed by atoms with van der Waals surface area (Å²) in [4.78, 5) is 22.6. The van der Waals surface area contributed by atoms with Crippen molar-refractivity contribution in [2.75, 3.05) is 5.32 Å². The standard InChI is InChI=1S/C23H31N3O3/c27-22(28)11-7-2-1-6-10-20-17-12-14-18(15-13-17)21(20)16-24-26-23(29)25-19-8-4-3-5-9-19/h1,3-6,8-9,16-18,20-21H,2,7,10-15H2,(H,27,28)(H2,25,26,29). The van der Waals surface area contributed by atoms with Crippen LogP contribution in [0.1, 0.15) is 51.4 Å². The van der Waals surface area contributed by atoms with Gasteiger partial charge in [0, 0.05) is 24.2 Å². The number of fused-ring (bicyclic) bond motifs is 3. The molecule has 0 radical (unpaired) electrons. The summed E-state index contributed by atoms with van der Waals surface area (Å²) in [5.41, 5.74) is 3.34. The van der Waals surface area contributed by atoms with E-state index in [1.54, 1.807) is 0 Å². The largest absolute Gasteiger partial charge is 0.481 e. The molecular formula is C23H31N3O3. The molecule has 156 valence electrons. The molecule has 6 nitrogen and oxygen atoms in total. The molecule has 4 rings (SSSR count). The second kappa shape index (κ2) is 10.8. The van der Waals surface area contributed by atoms with E-state index in [0.29, 0.717) is 24.2 Å². The van der Waals surface area contributed by atoms with Crippen molar-refractivity contribution < 1.29 is 14.7 Å². The molecule has 0 aromatic heterocycles. The number of allylic oxidation sites excluding steroid dienone is 2. The minimum Gasteiger partial charge on any atom is -0.481 e. The van der Waals surface area contributed by atoms with Gasteiger partial charge in [-0.25, -0.2) is 10.2 Å². The number of carbonyl (C=O) groups excluding carboxylic acids is 1. The number of aliphatic carboxylic acids is 1. The molecule has 2 bridgehead atoms. The molecule has 3 fully saturated rings. The summed E-state index contributed by atoms with van der Waals surface area (Å²) in [7, 11) is 0. The van der Waals surface area contributed by atoms with Crippen molar-refractivity contribution in [3.05, 3.63) is 42.5 Å². The number of para-hydroxylation sites is 1. The summed E-state index contributed by atoms with van der Waals surface area (Å²) < 4.78 is 0. The maximum atomic E-state index is 12.0. The lowest BCUT2D eigenvalue weighted by Crippen LogP contribution is -2.41. The van der Waals surface area contributed by atoms with Crippen molar-refractivity contribution in [1.29, 1.82) is 0 Å². The number of amides is 2. The first-order chi connectivity index (χ1) is 14.1. The summed E-state index contributed by atoms with van der Waals surface area (Å²) in [6.45, 7) is 0. The highest BCUT2D eigenvalue weighted by Gasteiger charge is 2.42. The van der Waals surface area contributed by atoms with Crippen LogP contribution in [0.25, 0.3) is 0 Å². The second-order valence-corrected chi connectivity index (χ2v) is 8.12. The van der Waals surface area contributed by atoms with E-state index in [9.17, 15) is 9.59 Å². The number of carboxylic acids is 1. The van der Waals surface area contributed by atoms with Gasteiger partial charge in [-0.2, -0.15) is 5.10 Å². The highest BCUT2D eigenvalue weighted by molar-refractivity contribution is 5.89. The number of hydrogen-bond acceptors (Lipinski definition) is 3. The zero-order valence-electron chi connectivity index (χ0n) is 16.8. The van der Waals surface area contributed by atoms with E-state index in [0.717, 1.165) is 24.4 Å². The smallest absolute Gasteiger partial charge is 0.339 e. The van der Waals surface area contributed by atoms with E-state index >= 15 is 0 Å². The predicted octanol–water partition coefficient (Wildman–Crippen LogP) is 5.05. The first kappa shape index (κ1) is 21.1. The van der Waals surface area contributed by atoms with Gasteiger partial charge in [0.25, 0.3) is 0 Å². The van der Waals surface area contributed by atoms with Gasteiger partial charge in [0.05, 0.1) is 0 Å². The molecule has 29 heavy (non-hydrogen) atoms. The molecular weight excluding hydrogens is 366 g/mol. The average molecular weight is 398 g/mol. The number of unbranched alkanes of at least 4 members (excludes halogenated alkanes) is 1. The topological polar surface area (TPSA) is 90.8 Å². The molecule has 3 saturated carbocycles. The Kier molecular flexibility index (Phi) is 7.85. The number of carbonyl (C=O) groups is 2. The van der Waals surface area contributed by atoms with Crippen LogP contribution >= 0.6 is 0 Å². The molecule has 3 aliphatic rings. The van der Waals surface area contributed by atoms with Crippen LogP contribution in [0.2, 0.25) is 0 Å². The van der Waals surface area contributed by atoms with Gasteiger partial charge in [-0.15, -0.1) is 0 Å². The molecule has 0 saturated heterocycles. The van der Waals surface area contributed by atoms with Gasteiger partial charge < -0.3 is 10.4 Å². The van der Waals surface area contributed by atoms with Crippen LogP contribution < -0.4 is 10.7 Å². The van der Waals surface area contributed by atoms with Gasteiger partial charge in [0.1, 0.15) is 0 Å². The van der Waals surface area contributed by atoms with Crippen molar-refractivity contribution in [1.82, 2.24) is 5.43 Å². The van der Waals surface area contributed by atoms with E-state index < -0.39 is 5.97 Å². The minimum atomic E-state index is -0.733. The molecule has 3 aliphatic carbocycles. The molecule has 1 aromatic rings.